The standard InChI is InChI=1S/C11H9FN2O2/c12-9-3-1-8(2-4-9)7-11(15)13-10-5-6-16-14-10/h1-6H,7H2,(H,13,14,15). The van der Waals surface area contributed by atoms with Crippen LogP contribution in [0.25, 0.3) is 0 Å². The molecule has 4 nitrogen and oxygen atoms in total. The second kappa shape index (κ2) is 4.57. The van der Waals surface area contributed by atoms with Gasteiger partial charge in [-0.1, -0.05) is 17.3 Å². The molecule has 0 atom stereocenters. The van der Waals surface area contributed by atoms with Crippen LogP contribution in [0.4, 0.5) is 10.2 Å². The molecule has 0 saturated carbocycles. The quantitative estimate of drug-likeness (QED) is 0.860. The van der Waals surface area contributed by atoms with Crippen molar-refractivity contribution in [1.29, 1.82) is 0 Å². The highest BCUT2D eigenvalue weighted by Crippen LogP contribution is 2.06. The number of hydrogen-bond acceptors (Lipinski definition) is 3. The van der Waals surface area contributed by atoms with Gasteiger partial charge in [0.1, 0.15) is 12.1 Å². The third-order valence-corrected chi connectivity index (χ3v) is 1.98. The van der Waals surface area contributed by atoms with Gasteiger partial charge in [-0.05, 0) is 17.7 Å². The number of hydrogen-bond donors (Lipinski definition) is 1. The van der Waals surface area contributed by atoms with E-state index in [1.54, 1.807) is 18.2 Å². The summed E-state index contributed by atoms with van der Waals surface area (Å²) in [6, 6.07) is 7.31. The maximum Gasteiger partial charge on any atom is 0.230 e. The van der Waals surface area contributed by atoms with Gasteiger partial charge >= 0.3 is 0 Å². The fraction of sp³-hybridized carbons (Fsp3) is 0.0909. The average Bonchev–Trinajstić information content (AvgIpc) is 2.74. The van der Waals surface area contributed by atoms with E-state index in [2.05, 4.69) is 15.0 Å². The minimum absolute atomic E-state index is 0.174. The van der Waals surface area contributed by atoms with E-state index in [4.69, 9.17) is 0 Å². The fourth-order valence-corrected chi connectivity index (χ4v) is 1.25. The number of carbonyl (C=O) groups is 1. The van der Waals surface area contributed by atoms with Crippen molar-refractivity contribution in [2.75, 3.05) is 5.32 Å². The molecule has 5 heteroatoms. The smallest absolute Gasteiger partial charge is 0.230 e. The lowest BCUT2D eigenvalue weighted by molar-refractivity contribution is -0.115. The van der Waals surface area contributed by atoms with Gasteiger partial charge < -0.3 is 9.84 Å². The minimum atomic E-state index is -0.319. The van der Waals surface area contributed by atoms with Crippen LogP contribution in [0.3, 0.4) is 0 Å². The van der Waals surface area contributed by atoms with Crippen LogP contribution < -0.4 is 5.32 Å². The Morgan fingerprint density at radius 3 is 2.69 bits per heavy atom. The Bertz CT molecular complexity index is 465. The fourth-order valence-electron chi connectivity index (χ4n) is 1.25. The molecule has 16 heavy (non-hydrogen) atoms. The number of rotatable bonds is 3. The van der Waals surface area contributed by atoms with Gasteiger partial charge in [-0.2, -0.15) is 0 Å². The first kappa shape index (κ1) is 10.4. The van der Waals surface area contributed by atoms with Crippen molar-refractivity contribution in [3.63, 3.8) is 0 Å². The first-order valence-electron chi connectivity index (χ1n) is 4.69. The molecule has 1 N–H and O–H groups in total. The van der Waals surface area contributed by atoms with E-state index in [1.807, 2.05) is 0 Å². The van der Waals surface area contributed by atoms with Crippen LogP contribution >= 0.6 is 0 Å². The summed E-state index contributed by atoms with van der Waals surface area (Å²) in [5, 5.41) is 6.09. The molecule has 1 aromatic heterocycles. The highest BCUT2D eigenvalue weighted by Gasteiger charge is 2.05. The predicted octanol–water partition coefficient (Wildman–Crippen LogP) is 1.99. The zero-order valence-corrected chi connectivity index (χ0v) is 8.31. The molecular formula is C11H9FN2O2. The third-order valence-electron chi connectivity index (χ3n) is 1.98. The van der Waals surface area contributed by atoms with Gasteiger partial charge in [0.05, 0.1) is 6.42 Å². The molecule has 0 saturated heterocycles. The first-order chi connectivity index (χ1) is 7.74. The molecule has 82 valence electrons. The lowest BCUT2D eigenvalue weighted by atomic mass is 10.1. The van der Waals surface area contributed by atoms with Crippen molar-refractivity contribution in [2.24, 2.45) is 0 Å². The zero-order chi connectivity index (χ0) is 11.4. The molecule has 2 aromatic rings. The minimum Gasteiger partial charge on any atom is -0.363 e. The summed E-state index contributed by atoms with van der Waals surface area (Å²) in [5.74, 6) is -0.173. The largest absolute Gasteiger partial charge is 0.363 e. The first-order valence-corrected chi connectivity index (χ1v) is 4.69. The van der Waals surface area contributed by atoms with Gasteiger partial charge in [0, 0.05) is 6.07 Å². The van der Waals surface area contributed by atoms with Crippen LogP contribution in [0.5, 0.6) is 0 Å². The number of nitrogens with zero attached hydrogens (tertiary/aromatic N) is 1. The Kier molecular flexibility index (Phi) is 2.95. The van der Waals surface area contributed by atoms with Crippen molar-refractivity contribution in [1.82, 2.24) is 5.16 Å². The SMILES string of the molecule is O=C(Cc1ccc(F)cc1)Nc1ccon1. The number of aromatic nitrogens is 1. The monoisotopic (exact) mass is 220 g/mol. The molecule has 0 aliphatic carbocycles. The normalized spacial score (nSPS) is 10.1. The molecule has 1 heterocycles. The number of nitrogens with one attached hydrogen (secondary N) is 1. The molecule has 2 rings (SSSR count). The summed E-state index contributed by atoms with van der Waals surface area (Å²) in [4.78, 5) is 11.5. The van der Waals surface area contributed by atoms with Crippen molar-refractivity contribution >= 4 is 11.7 Å². The van der Waals surface area contributed by atoms with E-state index in [9.17, 15) is 9.18 Å². The van der Waals surface area contributed by atoms with Gasteiger partial charge in [-0.3, -0.25) is 4.79 Å². The van der Waals surface area contributed by atoms with Crippen molar-refractivity contribution in [2.45, 2.75) is 6.42 Å². The van der Waals surface area contributed by atoms with Gasteiger partial charge in [0.25, 0.3) is 0 Å². The molecule has 0 radical (unpaired) electrons. The second-order valence-electron chi connectivity index (χ2n) is 3.24. The highest BCUT2D eigenvalue weighted by molar-refractivity contribution is 5.91. The molecule has 0 fully saturated rings. The van der Waals surface area contributed by atoms with E-state index in [1.165, 1.54) is 18.4 Å². The Balaban J connectivity index is 1.95. The summed E-state index contributed by atoms with van der Waals surface area (Å²) >= 11 is 0. The van der Waals surface area contributed by atoms with Crippen LogP contribution in [0, 0.1) is 5.82 Å². The van der Waals surface area contributed by atoms with Crippen molar-refractivity contribution in [3.8, 4) is 0 Å². The molecule has 1 amide bonds. The van der Waals surface area contributed by atoms with Crippen molar-refractivity contribution < 1.29 is 13.7 Å². The number of halogens is 1. The topological polar surface area (TPSA) is 55.1 Å². The van der Waals surface area contributed by atoms with Crippen LogP contribution in [-0.4, -0.2) is 11.1 Å². The summed E-state index contributed by atoms with van der Waals surface area (Å²) in [5.41, 5.74) is 0.738. The zero-order valence-electron chi connectivity index (χ0n) is 8.31. The van der Waals surface area contributed by atoms with Crippen LogP contribution in [0.2, 0.25) is 0 Å². The van der Waals surface area contributed by atoms with E-state index in [0.29, 0.717) is 5.82 Å². The Labute approximate surface area is 91.1 Å². The van der Waals surface area contributed by atoms with Crippen molar-refractivity contribution in [3.05, 3.63) is 48.0 Å². The lowest BCUT2D eigenvalue weighted by Gasteiger charge is -2.01. The molecule has 0 bridgehead atoms. The van der Waals surface area contributed by atoms with E-state index < -0.39 is 0 Å². The van der Waals surface area contributed by atoms with E-state index >= 15 is 0 Å². The highest BCUT2D eigenvalue weighted by atomic mass is 19.1. The van der Waals surface area contributed by atoms with Crippen LogP contribution in [-0.2, 0) is 11.2 Å². The van der Waals surface area contributed by atoms with E-state index in [-0.39, 0.29) is 18.1 Å². The van der Waals surface area contributed by atoms with Gasteiger partial charge in [0.15, 0.2) is 5.82 Å². The maximum absolute atomic E-state index is 12.6. The molecule has 0 spiro atoms. The van der Waals surface area contributed by atoms with Gasteiger partial charge in [0.2, 0.25) is 5.91 Å². The summed E-state index contributed by atoms with van der Waals surface area (Å²) in [6.07, 6.45) is 1.54. The van der Waals surface area contributed by atoms with E-state index in [0.717, 1.165) is 5.56 Å². The third kappa shape index (κ3) is 2.66. The number of amides is 1. The molecule has 0 aliphatic rings. The molecule has 0 unspecified atom stereocenters. The average molecular weight is 220 g/mol. The number of carbonyl (C=O) groups excluding carboxylic acids is 1. The summed E-state index contributed by atoms with van der Waals surface area (Å²) < 4.78 is 17.2. The lowest BCUT2D eigenvalue weighted by Crippen LogP contribution is -2.14. The molecule has 0 aliphatic heterocycles. The predicted molar refractivity (Wildman–Crippen MR) is 55.2 cm³/mol. The second-order valence-corrected chi connectivity index (χ2v) is 3.24. The van der Waals surface area contributed by atoms with Crippen LogP contribution in [0.1, 0.15) is 5.56 Å². The van der Waals surface area contributed by atoms with Gasteiger partial charge in [-0.25, -0.2) is 4.39 Å². The molecule has 1 aromatic carbocycles. The Morgan fingerprint density at radius 2 is 2.06 bits per heavy atom. The Hall–Kier alpha value is -2.17. The number of anilines is 1. The Morgan fingerprint density at radius 1 is 1.31 bits per heavy atom. The van der Waals surface area contributed by atoms with Gasteiger partial charge in [-0.15, -0.1) is 0 Å². The number of benzene rings is 1. The summed E-state index contributed by atoms with van der Waals surface area (Å²) in [7, 11) is 0. The van der Waals surface area contributed by atoms with Crippen LogP contribution in [0.15, 0.2) is 41.1 Å². The summed E-state index contributed by atoms with van der Waals surface area (Å²) in [6.45, 7) is 0. The molecular weight excluding hydrogens is 211 g/mol. The maximum atomic E-state index is 12.6.